The van der Waals surface area contributed by atoms with Crippen LogP contribution in [0.4, 0.5) is 5.69 Å². The van der Waals surface area contributed by atoms with Crippen LogP contribution in [0.5, 0.6) is 0 Å². The molecule has 2 aromatic carbocycles. The third-order valence-corrected chi connectivity index (χ3v) is 6.38. The summed E-state index contributed by atoms with van der Waals surface area (Å²) in [6.07, 6.45) is 3.52. The van der Waals surface area contributed by atoms with Gasteiger partial charge < -0.3 is 5.32 Å². The number of anilines is 1. The van der Waals surface area contributed by atoms with Gasteiger partial charge in [0.25, 0.3) is 5.56 Å². The van der Waals surface area contributed by atoms with Crippen molar-refractivity contribution in [1.29, 1.82) is 0 Å². The molecule has 1 amide bonds. The Morgan fingerprint density at radius 1 is 1.00 bits per heavy atom. The van der Waals surface area contributed by atoms with E-state index in [2.05, 4.69) is 23.5 Å². The minimum Gasteiger partial charge on any atom is -0.324 e. The van der Waals surface area contributed by atoms with Crippen LogP contribution in [0.15, 0.2) is 47.3 Å². The summed E-state index contributed by atoms with van der Waals surface area (Å²) in [5.41, 5.74) is 6.78. The van der Waals surface area contributed by atoms with Crippen LogP contribution in [0.2, 0.25) is 0 Å². The number of nitrogens with zero attached hydrogens (tertiary/aromatic N) is 2. The van der Waals surface area contributed by atoms with Crippen molar-refractivity contribution in [2.75, 3.05) is 5.32 Å². The fourth-order valence-corrected chi connectivity index (χ4v) is 4.37. The van der Waals surface area contributed by atoms with E-state index in [4.69, 9.17) is 5.10 Å². The van der Waals surface area contributed by atoms with Crippen LogP contribution >= 0.6 is 0 Å². The largest absolute Gasteiger partial charge is 0.324 e. The van der Waals surface area contributed by atoms with Crippen LogP contribution in [0.25, 0.3) is 11.3 Å². The van der Waals surface area contributed by atoms with E-state index in [1.165, 1.54) is 11.6 Å². The Hall–Kier alpha value is -3.54. The molecule has 0 saturated heterocycles. The van der Waals surface area contributed by atoms with Gasteiger partial charge in [-0.05, 0) is 94.8 Å². The van der Waals surface area contributed by atoms with Crippen molar-refractivity contribution in [3.05, 3.63) is 80.6 Å². The van der Waals surface area contributed by atoms with Crippen LogP contribution in [-0.4, -0.2) is 21.5 Å². The van der Waals surface area contributed by atoms with Gasteiger partial charge >= 0.3 is 0 Å². The quantitative estimate of drug-likeness (QED) is 0.574. The summed E-state index contributed by atoms with van der Waals surface area (Å²) in [4.78, 5) is 37.9. The van der Waals surface area contributed by atoms with E-state index < -0.39 is 6.04 Å². The van der Waals surface area contributed by atoms with Gasteiger partial charge in [-0.15, -0.1) is 0 Å². The smallest absolute Gasteiger partial charge is 0.271 e. The van der Waals surface area contributed by atoms with Crippen LogP contribution in [0.3, 0.4) is 0 Å². The lowest BCUT2D eigenvalue weighted by Crippen LogP contribution is -2.37. The number of aryl methyl sites for hydroxylation is 2. The van der Waals surface area contributed by atoms with Crippen LogP contribution in [0, 0.1) is 13.8 Å². The molecule has 0 fully saturated rings. The fourth-order valence-electron chi connectivity index (χ4n) is 4.37. The van der Waals surface area contributed by atoms with Gasteiger partial charge in [0.1, 0.15) is 6.04 Å². The van der Waals surface area contributed by atoms with Crippen LogP contribution < -0.4 is 10.9 Å². The molecular weight excluding hydrogens is 414 g/mol. The number of hydrogen-bond donors (Lipinski definition) is 1. The molecule has 1 aliphatic carbocycles. The zero-order chi connectivity index (χ0) is 23.7. The minimum absolute atomic E-state index is 0.0370. The van der Waals surface area contributed by atoms with Gasteiger partial charge in [-0.1, -0.05) is 17.7 Å². The molecule has 1 aliphatic rings. The lowest BCUT2D eigenvalue weighted by atomic mass is 9.88. The molecule has 1 aromatic heterocycles. The number of aromatic nitrogens is 2. The van der Waals surface area contributed by atoms with Gasteiger partial charge in [-0.25, -0.2) is 4.68 Å². The molecule has 0 bridgehead atoms. The second-order valence-corrected chi connectivity index (χ2v) is 8.88. The predicted molar refractivity (Wildman–Crippen MR) is 130 cm³/mol. The van der Waals surface area contributed by atoms with Gasteiger partial charge in [0.05, 0.1) is 5.69 Å². The van der Waals surface area contributed by atoms with E-state index in [-0.39, 0.29) is 17.2 Å². The van der Waals surface area contributed by atoms with Crippen molar-refractivity contribution in [3.8, 4) is 11.3 Å². The van der Waals surface area contributed by atoms with Gasteiger partial charge in [-0.3, -0.25) is 14.4 Å². The molecule has 6 nitrogen and oxygen atoms in total. The average Bonchev–Trinajstić information content (AvgIpc) is 2.81. The second kappa shape index (κ2) is 9.14. The highest BCUT2D eigenvalue weighted by Crippen LogP contribution is 2.31. The third kappa shape index (κ3) is 4.51. The molecular formula is C27H29N3O3. The van der Waals surface area contributed by atoms with Crippen LogP contribution in [0.1, 0.15) is 65.3 Å². The van der Waals surface area contributed by atoms with E-state index in [0.29, 0.717) is 17.7 Å². The number of carbonyl (C=O) groups is 2. The molecule has 170 valence electrons. The third-order valence-electron chi connectivity index (χ3n) is 6.38. The van der Waals surface area contributed by atoms with Crippen molar-refractivity contribution in [3.63, 3.8) is 0 Å². The molecule has 1 atom stereocenters. The number of carbonyl (C=O) groups excluding carboxylic acids is 2. The highest BCUT2D eigenvalue weighted by atomic mass is 16.2. The van der Waals surface area contributed by atoms with E-state index in [1.54, 1.807) is 31.2 Å². The normalized spacial score (nSPS) is 13.8. The van der Waals surface area contributed by atoms with Gasteiger partial charge in [0, 0.05) is 22.4 Å². The molecule has 33 heavy (non-hydrogen) atoms. The maximum Gasteiger partial charge on any atom is 0.271 e. The Balaban J connectivity index is 1.73. The van der Waals surface area contributed by atoms with E-state index >= 15 is 0 Å². The minimum atomic E-state index is -0.791. The lowest BCUT2D eigenvalue weighted by molar-refractivity contribution is -0.119. The number of ketones is 1. The summed E-state index contributed by atoms with van der Waals surface area (Å²) in [7, 11) is 0. The lowest BCUT2D eigenvalue weighted by Gasteiger charge is -2.23. The maximum absolute atomic E-state index is 13.3. The monoisotopic (exact) mass is 443 g/mol. The Labute approximate surface area is 193 Å². The fraction of sp³-hybridized carbons (Fsp3) is 0.333. The molecule has 0 aliphatic heterocycles. The highest BCUT2D eigenvalue weighted by Gasteiger charge is 2.26. The van der Waals surface area contributed by atoms with Crippen molar-refractivity contribution >= 4 is 17.4 Å². The summed E-state index contributed by atoms with van der Waals surface area (Å²) < 4.78 is 1.33. The molecule has 0 saturated carbocycles. The van der Waals surface area contributed by atoms with E-state index in [9.17, 15) is 14.4 Å². The van der Waals surface area contributed by atoms with E-state index in [0.717, 1.165) is 52.8 Å². The van der Waals surface area contributed by atoms with Crippen molar-refractivity contribution in [2.45, 2.75) is 59.4 Å². The summed E-state index contributed by atoms with van der Waals surface area (Å²) in [5, 5.41) is 7.60. The summed E-state index contributed by atoms with van der Waals surface area (Å²) >= 11 is 0. The average molecular weight is 444 g/mol. The summed E-state index contributed by atoms with van der Waals surface area (Å²) in [6, 6.07) is 12.2. The number of rotatable bonds is 5. The number of Topliss-reactive ketones (excluding diaryl/α,β-unsaturated/α-hetero) is 1. The Morgan fingerprint density at radius 2 is 1.67 bits per heavy atom. The molecule has 4 rings (SSSR count). The summed E-state index contributed by atoms with van der Waals surface area (Å²) in [5.74, 6) is -0.368. The number of nitrogens with one attached hydrogen (secondary N) is 1. The molecule has 0 spiro atoms. The topological polar surface area (TPSA) is 81.1 Å². The molecule has 0 radical (unpaired) electrons. The molecule has 3 aromatic rings. The van der Waals surface area contributed by atoms with Crippen molar-refractivity contribution in [1.82, 2.24) is 9.78 Å². The Morgan fingerprint density at radius 3 is 2.33 bits per heavy atom. The first-order chi connectivity index (χ1) is 15.8. The van der Waals surface area contributed by atoms with Crippen LogP contribution in [-0.2, 0) is 17.6 Å². The van der Waals surface area contributed by atoms with Gasteiger partial charge in [0.15, 0.2) is 5.78 Å². The Bertz CT molecular complexity index is 1290. The molecule has 1 unspecified atom stereocenters. The first-order valence-corrected chi connectivity index (χ1v) is 11.4. The molecule has 1 heterocycles. The Kier molecular flexibility index (Phi) is 6.27. The van der Waals surface area contributed by atoms with Crippen molar-refractivity contribution in [2.24, 2.45) is 0 Å². The SMILES string of the molecule is CC(=O)c1ccc(NC(=O)C(C)n2nc(-c3cc(C)ccc3C)c3c(c2=O)CCCC3)cc1. The summed E-state index contributed by atoms with van der Waals surface area (Å²) in [6.45, 7) is 7.27. The second-order valence-electron chi connectivity index (χ2n) is 8.88. The van der Waals surface area contributed by atoms with Gasteiger partial charge in [-0.2, -0.15) is 5.10 Å². The zero-order valence-corrected chi connectivity index (χ0v) is 19.6. The van der Waals surface area contributed by atoms with Crippen molar-refractivity contribution < 1.29 is 9.59 Å². The number of benzene rings is 2. The standard InChI is InChI=1S/C27H29N3O3/c1-16-9-10-17(2)24(15-16)25-22-7-5-6-8-23(22)27(33)30(29-25)18(3)26(32)28-21-13-11-20(12-14-21)19(4)31/h9-15,18H,5-8H2,1-4H3,(H,28,32). The van der Waals surface area contributed by atoms with Gasteiger partial charge in [0.2, 0.25) is 5.91 Å². The first-order valence-electron chi connectivity index (χ1n) is 11.4. The first kappa shape index (κ1) is 22.6. The maximum atomic E-state index is 13.3. The highest BCUT2D eigenvalue weighted by molar-refractivity contribution is 5.96. The zero-order valence-electron chi connectivity index (χ0n) is 19.6. The molecule has 6 heteroatoms. The number of fused-ring (bicyclic) bond motifs is 1. The number of hydrogen-bond acceptors (Lipinski definition) is 4. The predicted octanol–water partition coefficient (Wildman–Crippen LogP) is 4.81. The number of amides is 1. The molecule has 1 N–H and O–H groups in total. The van der Waals surface area contributed by atoms with E-state index in [1.807, 2.05) is 13.8 Å².